The fraction of sp³-hybridized carbons (Fsp3) is 0.359. The van der Waals surface area contributed by atoms with Crippen LogP contribution in [-0.4, -0.2) is 97.3 Å². The summed E-state index contributed by atoms with van der Waals surface area (Å²) < 4.78 is 5.08. The average Bonchev–Trinajstić information content (AvgIpc) is 3.66. The van der Waals surface area contributed by atoms with Crippen molar-refractivity contribution < 1.29 is 34.1 Å². The van der Waals surface area contributed by atoms with Crippen LogP contribution in [-0.2, 0) is 25.6 Å². The molecule has 1 aliphatic heterocycles. The van der Waals surface area contributed by atoms with E-state index < -0.39 is 64.8 Å². The van der Waals surface area contributed by atoms with Crippen molar-refractivity contribution in [1.82, 2.24) is 25.8 Å². The molecule has 14 heteroatoms. The summed E-state index contributed by atoms with van der Waals surface area (Å²) in [5, 5.41) is 32.7. The molecule has 6 atom stereocenters. The Morgan fingerprint density at radius 1 is 1.02 bits per heavy atom. The van der Waals surface area contributed by atoms with Crippen molar-refractivity contribution in [3.05, 3.63) is 108 Å². The molecule has 0 bridgehead atoms. The van der Waals surface area contributed by atoms with Gasteiger partial charge >= 0.3 is 0 Å². The molecule has 1 fully saturated rings. The van der Waals surface area contributed by atoms with Crippen LogP contribution in [0.15, 0.2) is 91.3 Å². The number of aliphatic hydroxyl groups excluding tert-OH is 2. The van der Waals surface area contributed by atoms with E-state index in [9.17, 15) is 29.4 Å². The highest BCUT2D eigenvalue weighted by Gasteiger charge is 2.51. The van der Waals surface area contributed by atoms with Gasteiger partial charge in [0.2, 0.25) is 11.8 Å². The van der Waals surface area contributed by atoms with Crippen LogP contribution in [0.1, 0.15) is 42.6 Å². The van der Waals surface area contributed by atoms with Crippen LogP contribution in [0.2, 0.25) is 0 Å². The Hall–Kier alpha value is -4.63. The van der Waals surface area contributed by atoms with Crippen LogP contribution in [0, 0.1) is 0 Å². The van der Waals surface area contributed by atoms with Gasteiger partial charge in [-0.1, -0.05) is 66.7 Å². The van der Waals surface area contributed by atoms with Gasteiger partial charge in [0.05, 0.1) is 24.1 Å². The zero-order valence-corrected chi connectivity index (χ0v) is 31.2. The van der Waals surface area contributed by atoms with E-state index in [-0.39, 0.29) is 18.2 Å². The quantitative estimate of drug-likeness (QED) is 0.137. The molecule has 1 saturated heterocycles. The third-order valence-corrected chi connectivity index (χ3v) is 11.6. The Bertz CT molecular complexity index is 1960. The van der Waals surface area contributed by atoms with Gasteiger partial charge in [-0.05, 0) is 48.9 Å². The Balaban J connectivity index is 1.16. The van der Waals surface area contributed by atoms with Gasteiger partial charge < -0.3 is 35.8 Å². The molecule has 12 nitrogen and oxygen atoms in total. The summed E-state index contributed by atoms with van der Waals surface area (Å²) >= 11 is 2.74. The lowest BCUT2D eigenvalue weighted by molar-refractivity contribution is -0.148. The number of ether oxygens (including phenoxy) is 1. The van der Waals surface area contributed by atoms with Crippen molar-refractivity contribution in [1.29, 1.82) is 0 Å². The van der Waals surface area contributed by atoms with Gasteiger partial charge in [-0.15, -0.1) is 11.8 Å². The largest absolute Gasteiger partial charge is 0.483 e. The summed E-state index contributed by atoms with van der Waals surface area (Å²) in [6.07, 6.45) is 2.92. The first-order valence-corrected chi connectivity index (χ1v) is 19.6. The second-order valence-corrected chi connectivity index (χ2v) is 16.1. The molecular weight excluding hydrogens is 715 g/mol. The summed E-state index contributed by atoms with van der Waals surface area (Å²) in [6.45, 7) is 3.36. The van der Waals surface area contributed by atoms with Crippen LogP contribution < -0.4 is 20.7 Å². The van der Waals surface area contributed by atoms with Crippen LogP contribution in [0.4, 0.5) is 0 Å². The molecule has 2 aliphatic rings. The molecule has 3 aromatic carbocycles. The Morgan fingerprint density at radius 3 is 2.55 bits per heavy atom. The molecule has 1 aromatic heterocycles. The van der Waals surface area contributed by atoms with Crippen molar-refractivity contribution in [3.8, 4) is 5.75 Å². The molecule has 0 radical (unpaired) electrons. The Labute approximate surface area is 316 Å². The molecule has 0 saturated carbocycles. The summed E-state index contributed by atoms with van der Waals surface area (Å²) in [4.78, 5) is 60.5. The first kappa shape index (κ1) is 38.1. The van der Waals surface area contributed by atoms with Crippen LogP contribution >= 0.6 is 23.5 Å². The standard InChI is InChI=1S/C39H43N5O7S2/c1-39(2)35(37(49)43-33-27-14-8-7-12-24(27)18-29(33)45)44(22-53-39)38(50)34(47)32(23-10-5-4-6-11-23)42-36(48)28(21-52-3)41-31(46)20-51-30-15-9-13-25-19-40-17-16-26(25)30/h4-17,19,28-29,32-35,45,47H,18,20-22H2,1-3H3,(H,41,46)(H,42,48)(H,43,49)/t28?,29-,32+,33+,34+,35?/m1/s1. The van der Waals surface area contributed by atoms with E-state index in [0.29, 0.717) is 17.7 Å². The van der Waals surface area contributed by atoms with Crippen molar-refractivity contribution in [2.24, 2.45) is 0 Å². The monoisotopic (exact) mass is 757 g/mol. The lowest BCUT2D eigenvalue weighted by Gasteiger charge is -2.34. The Morgan fingerprint density at radius 2 is 1.77 bits per heavy atom. The predicted molar refractivity (Wildman–Crippen MR) is 205 cm³/mol. The maximum absolute atomic E-state index is 14.2. The normalized spacial score (nSPS) is 20.5. The highest BCUT2D eigenvalue weighted by molar-refractivity contribution is 8.00. The number of thioether (sulfide) groups is 2. The number of carbonyl (C=O) groups is 4. The van der Waals surface area contributed by atoms with Crippen LogP contribution in [0.25, 0.3) is 10.8 Å². The van der Waals surface area contributed by atoms with E-state index in [4.69, 9.17) is 4.74 Å². The molecule has 1 aliphatic carbocycles. The molecule has 53 heavy (non-hydrogen) atoms. The number of pyridine rings is 1. The van der Waals surface area contributed by atoms with E-state index in [2.05, 4.69) is 20.9 Å². The van der Waals surface area contributed by atoms with Gasteiger partial charge in [-0.25, -0.2) is 0 Å². The molecule has 0 spiro atoms. The zero-order chi connectivity index (χ0) is 37.7. The highest BCUT2D eigenvalue weighted by Crippen LogP contribution is 2.41. The Kier molecular flexibility index (Phi) is 11.9. The second kappa shape index (κ2) is 16.6. The third kappa shape index (κ3) is 8.46. The fourth-order valence-electron chi connectivity index (χ4n) is 6.91. The summed E-state index contributed by atoms with van der Waals surface area (Å²) in [7, 11) is 0. The maximum Gasteiger partial charge on any atom is 0.258 e. The number of carbonyl (C=O) groups excluding carboxylic acids is 4. The third-order valence-electron chi connectivity index (χ3n) is 9.59. The minimum Gasteiger partial charge on any atom is -0.483 e. The fourth-order valence-corrected chi connectivity index (χ4v) is 8.62. The van der Waals surface area contributed by atoms with Crippen LogP contribution in [0.5, 0.6) is 5.75 Å². The summed E-state index contributed by atoms with van der Waals surface area (Å²) in [5.74, 6) is -1.50. The highest BCUT2D eigenvalue weighted by atomic mass is 32.2. The van der Waals surface area contributed by atoms with E-state index in [1.165, 1.54) is 28.4 Å². The minimum atomic E-state index is -1.78. The first-order valence-electron chi connectivity index (χ1n) is 17.3. The lowest BCUT2D eigenvalue weighted by atomic mass is 9.96. The molecule has 6 rings (SSSR count). The van der Waals surface area contributed by atoms with E-state index in [1.54, 1.807) is 67.2 Å². The topological polar surface area (TPSA) is 170 Å². The van der Waals surface area contributed by atoms with Gasteiger partial charge in [-0.2, -0.15) is 11.8 Å². The van der Waals surface area contributed by atoms with Gasteiger partial charge in [0.1, 0.15) is 17.8 Å². The van der Waals surface area contributed by atoms with Gasteiger partial charge in [-0.3, -0.25) is 24.2 Å². The smallest absolute Gasteiger partial charge is 0.258 e. The summed E-state index contributed by atoms with van der Waals surface area (Å²) in [6, 6.07) is 19.5. The van der Waals surface area contributed by atoms with E-state index in [0.717, 1.165) is 21.9 Å². The minimum absolute atomic E-state index is 0.124. The zero-order valence-electron chi connectivity index (χ0n) is 29.6. The van der Waals surface area contributed by atoms with E-state index >= 15 is 0 Å². The number of aromatic nitrogens is 1. The van der Waals surface area contributed by atoms with E-state index in [1.807, 2.05) is 44.2 Å². The van der Waals surface area contributed by atoms with Crippen LogP contribution in [0.3, 0.4) is 0 Å². The predicted octanol–water partition coefficient (Wildman–Crippen LogP) is 3.13. The number of fused-ring (bicyclic) bond motifs is 2. The molecule has 2 heterocycles. The van der Waals surface area contributed by atoms with Crippen molar-refractivity contribution in [2.45, 2.75) is 61.4 Å². The maximum atomic E-state index is 14.2. The van der Waals surface area contributed by atoms with Crippen molar-refractivity contribution in [2.75, 3.05) is 24.5 Å². The summed E-state index contributed by atoms with van der Waals surface area (Å²) in [5.41, 5.74) is 2.23. The number of rotatable bonds is 13. The molecule has 5 N–H and O–H groups in total. The van der Waals surface area contributed by atoms with Gasteiger partial charge in [0.25, 0.3) is 11.8 Å². The number of benzene rings is 3. The molecule has 278 valence electrons. The second-order valence-electron chi connectivity index (χ2n) is 13.6. The number of aliphatic hydroxyl groups is 2. The molecule has 4 amide bonds. The van der Waals surface area contributed by atoms with Crippen molar-refractivity contribution >= 4 is 57.9 Å². The molecule has 4 aromatic rings. The number of nitrogens with one attached hydrogen (secondary N) is 3. The van der Waals surface area contributed by atoms with Gasteiger partial charge in [0, 0.05) is 40.1 Å². The average molecular weight is 758 g/mol. The first-order chi connectivity index (χ1) is 25.5. The number of hydrogen-bond acceptors (Lipinski definition) is 10. The SMILES string of the molecule is CSCC(NC(=O)COc1cccc2cnccc12)C(=O)N[C@@H](c1ccccc1)[C@H](O)C(=O)N1CSC(C)(C)C1C(=O)N[C@H]1c2ccccc2C[C@H]1O. The van der Waals surface area contributed by atoms with Gasteiger partial charge in [0.15, 0.2) is 12.7 Å². The van der Waals surface area contributed by atoms with Crippen molar-refractivity contribution in [3.63, 3.8) is 0 Å². The number of nitrogens with zero attached hydrogens (tertiary/aromatic N) is 2. The number of amides is 4. The molecule has 2 unspecified atom stereocenters. The molecular formula is C39H43N5O7S2. The number of hydrogen-bond donors (Lipinski definition) is 5. The lowest BCUT2D eigenvalue weighted by Crippen LogP contribution is -2.58.